The van der Waals surface area contributed by atoms with Gasteiger partial charge in [0, 0.05) is 37.4 Å². The number of carbonyl (C=O) groups excluding carboxylic acids is 2. The van der Waals surface area contributed by atoms with Crippen LogP contribution in [0.3, 0.4) is 0 Å². The molecular formula is C15H22N4O3. The molecule has 2 amide bonds. The molecule has 2 N–H and O–H groups in total. The fraction of sp³-hybridized carbons (Fsp3) is 0.467. The van der Waals surface area contributed by atoms with Crippen LogP contribution in [0.25, 0.3) is 0 Å². The number of anilines is 1. The number of nitrogens with zero attached hydrogens (tertiary/aromatic N) is 2. The molecule has 0 unspecified atom stereocenters. The maximum Gasteiger partial charge on any atom is 0.411 e. The predicted molar refractivity (Wildman–Crippen MR) is 83.6 cm³/mol. The summed E-state index contributed by atoms with van der Waals surface area (Å²) in [5.74, 6) is -0.183. The second-order valence-corrected chi connectivity index (χ2v) is 5.16. The molecule has 1 saturated heterocycles. The van der Waals surface area contributed by atoms with E-state index in [9.17, 15) is 9.59 Å². The van der Waals surface area contributed by atoms with Crippen LogP contribution in [0.2, 0.25) is 0 Å². The van der Waals surface area contributed by atoms with Crippen LogP contribution in [0, 0.1) is 0 Å². The molecule has 0 saturated carbocycles. The van der Waals surface area contributed by atoms with Crippen molar-refractivity contribution in [1.82, 2.24) is 15.3 Å². The number of ether oxygens (including phenoxy) is 1. The molecule has 22 heavy (non-hydrogen) atoms. The maximum atomic E-state index is 12.2. The normalized spacial score (nSPS) is 16.1. The van der Waals surface area contributed by atoms with E-state index in [1.165, 1.54) is 0 Å². The Morgan fingerprint density at radius 3 is 2.64 bits per heavy atom. The van der Waals surface area contributed by atoms with Gasteiger partial charge in [0.05, 0.1) is 6.61 Å². The summed E-state index contributed by atoms with van der Waals surface area (Å²) in [6.45, 7) is 5.47. The standard InChI is InChI=1S/C15H22N4O3/c1-3-22-15(21)16-13-6-4-5-12(11-13)14(20)17-19-9-7-18(2)8-10-19/h4-6,11H,3,7-10H2,1-2H3,(H,16,21)(H,17,20). The summed E-state index contributed by atoms with van der Waals surface area (Å²) in [5, 5.41) is 4.50. The lowest BCUT2D eigenvalue weighted by atomic mass is 10.2. The topological polar surface area (TPSA) is 73.9 Å². The molecule has 1 aliphatic rings. The Labute approximate surface area is 130 Å². The molecule has 1 aromatic rings. The zero-order valence-electron chi connectivity index (χ0n) is 13.0. The predicted octanol–water partition coefficient (Wildman–Crippen LogP) is 1.15. The van der Waals surface area contributed by atoms with E-state index in [0.717, 1.165) is 26.2 Å². The number of hydrogen-bond donors (Lipinski definition) is 2. The fourth-order valence-corrected chi connectivity index (χ4v) is 2.15. The molecule has 0 bridgehead atoms. The summed E-state index contributed by atoms with van der Waals surface area (Å²) in [7, 11) is 2.06. The van der Waals surface area contributed by atoms with E-state index >= 15 is 0 Å². The van der Waals surface area contributed by atoms with Crippen LogP contribution in [0.5, 0.6) is 0 Å². The first-order chi connectivity index (χ1) is 10.6. The van der Waals surface area contributed by atoms with Crippen molar-refractivity contribution in [3.8, 4) is 0 Å². The first-order valence-corrected chi connectivity index (χ1v) is 7.37. The van der Waals surface area contributed by atoms with Crippen LogP contribution in [0.1, 0.15) is 17.3 Å². The van der Waals surface area contributed by atoms with E-state index in [1.807, 2.05) is 5.01 Å². The molecule has 120 valence electrons. The molecule has 0 aromatic heterocycles. The van der Waals surface area contributed by atoms with Gasteiger partial charge >= 0.3 is 6.09 Å². The van der Waals surface area contributed by atoms with Gasteiger partial charge in [-0.3, -0.25) is 15.5 Å². The Balaban J connectivity index is 1.93. The minimum Gasteiger partial charge on any atom is -0.450 e. The molecular weight excluding hydrogens is 284 g/mol. The van der Waals surface area contributed by atoms with Gasteiger partial charge in [-0.2, -0.15) is 0 Å². The summed E-state index contributed by atoms with van der Waals surface area (Å²) in [6, 6.07) is 6.77. The third kappa shape index (κ3) is 4.71. The molecule has 0 aliphatic carbocycles. The SMILES string of the molecule is CCOC(=O)Nc1cccc(C(=O)NN2CCN(C)CC2)c1. The molecule has 2 rings (SSSR count). The lowest BCUT2D eigenvalue weighted by Gasteiger charge is -2.32. The Hall–Kier alpha value is -2.12. The van der Waals surface area contributed by atoms with Crippen molar-refractivity contribution in [3.63, 3.8) is 0 Å². The van der Waals surface area contributed by atoms with Gasteiger partial charge in [0.1, 0.15) is 0 Å². The zero-order valence-corrected chi connectivity index (χ0v) is 13.0. The summed E-state index contributed by atoms with van der Waals surface area (Å²) < 4.78 is 4.81. The average Bonchev–Trinajstić information content (AvgIpc) is 2.50. The minimum absolute atomic E-state index is 0.183. The number of hydrazine groups is 1. The number of amides is 2. The van der Waals surface area contributed by atoms with Crippen molar-refractivity contribution >= 4 is 17.7 Å². The highest BCUT2D eigenvalue weighted by Gasteiger charge is 2.16. The van der Waals surface area contributed by atoms with Crippen molar-refractivity contribution in [2.45, 2.75) is 6.92 Å². The largest absolute Gasteiger partial charge is 0.450 e. The molecule has 1 fully saturated rings. The third-order valence-corrected chi connectivity index (χ3v) is 3.41. The van der Waals surface area contributed by atoms with Crippen molar-refractivity contribution in [1.29, 1.82) is 0 Å². The highest BCUT2D eigenvalue weighted by molar-refractivity contribution is 5.96. The van der Waals surface area contributed by atoms with Crippen LogP contribution >= 0.6 is 0 Å². The lowest BCUT2D eigenvalue weighted by Crippen LogP contribution is -2.52. The number of likely N-dealkylation sites (N-methyl/N-ethyl adjacent to an activating group) is 1. The van der Waals surface area contributed by atoms with E-state index in [2.05, 4.69) is 22.7 Å². The molecule has 0 spiro atoms. The first-order valence-electron chi connectivity index (χ1n) is 7.37. The highest BCUT2D eigenvalue weighted by atomic mass is 16.5. The smallest absolute Gasteiger partial charge is 0.411 e. The minimum atomic E-state index is -0.529. The van der Waals surface area contributed by atoms with E-state index in [1.54, 1.807) is 31.2 Å². The summed E-state index contributed by atoms with van der Waals surface area (Å²) in [4.78, 5) is 25.9. The number of benzene rings is 1. The monoisotopic (exact) mass is 306 g/mol. The number of nitrogens with one attached hydrogen (secondary N) is 2. The molecule has 0 radical (unpaired) electrons. The quantitative estimate of drug-likeness (QED) is 0.873. The molecule has 1 heterocycles. The number of piperazine rings is 1. The first kappa shape index (κ1) is 16.3. The zero-order chi connectivity index (χ0) is 15.9. The lowest BCUT2D eigenvalue weighted by molar-refractivity contribution is 0.0662. The van der Waals surface area contributed by atoms with Crippen LogP contribution in [-0.4, -0.2) is 61.7 Å². The van der Waals surface area contributed by atoms with E-state index < -0.39 is 6.09 Å². The van der Waals surface area contributed by atoms with Gasteiger partial charge in [0.25, 0.3) is 5.91 Å². The number of hydrogen-bond acceptors (Lipinski definition) is 5. The van der Waals surface area contributed by atoms with Gasteiger partial charge in [0.2, 0.25) is 0 Å². The van der Waals surface area contributed by atoms with Gasteiger partial charge in [-0.25, -0.2) is 9.80 Å². The van der Waals surface area contributed by atoms with E-state index in [4.69, 9.17) is 4.74 Å². The maximum absolute atomic E-state index is 12.2. The van der Waals surface area contributed by atoms with Gasteiger partial charge in [-0.15, -0.1) is 0 Å². The van der Waals surface area contributed by atoms with Crippen LogP contribution in [0.4, 0.5) is 10.5 Å². The number of rotatable bonds is 4. The second-order valence-electron chi connectivity index (χ2n) is 5.16. The fourth-order valence-electron chi connectivity index (χ4n) is 2.15. The van der Waals surface area contributed by atoms with Gasteiger partial charge in [-0.1, -0.05) is 6.07 Å². The third-order valence-electron chi connectivity index (χ3n) is 3.41. The molecule has 7 nitrogen and oxygen atoms in total. The van der Waals surface area contributed by atoms with Crippen molar-refractivity contribution in [3.05, 3.63) is 29.8 Å². The Morgan fingerprint density at radius 2 is 1.95 bits per heavy atom. The van der Waals surface area contributed by atoms with E-state index in [0.29, 0.717) is 17.9 Å². The second kappa shape index (κ2) is 7.77. The van der Waals surface area contributed by atoms with Gasteiger partial charge < -0.3 is 9.64 Å². The average molecular weight is 306 g/mol. The Bertz CT molecular complexity index is 527. The van der Waals surface area contributed by atoms with Gasteiger partial charge in [0.15, 0.2) is 0 Å². The summed E-state index contributed by atoms with van der Waals surface area (Å²) in [6.07, 6.45) is -0.529. The Kier molecular flexibility index (Phi) is 5.74. The van der Waals surface area contributed by atoms with E-state index in [-0.39, 0.29) is 5.91 Å². The molecule has 0 atom stereocenters. The highest BCUT2D eigenvalue weighted by Crippen LogP contribution is 2.11. The number of carbonyl (C=O) groups is 2. The molecule has 1 aromatic carbocycles. The van der Waals surface area contributed by atoms with Crippen molar-refractivity contribution < 1.29 is 14.3 Å². The summed E-state index contributed by atoms with van der Waals surface area (Å²) >= 11 is 0. The Morgan fingerprint density at radius 1 is 1.23 bits per heavy atom. The van der Waals surface area contributed by atoms with Crippen molar-refractivity contribution in [2.24, 2.45) is 0 Å². The van der Waals surface area contributed by atoms with Crippen molar-refractivity contribution in [2.75, 3.05) is 45.2 Å². The summed E-state index contributed by atoms with van der Waals surface area (Å²) in [5.41, 5.74) is 3.91. The van der Waals surface area contributed by atoms with Crippen LogP contribution in [0.15, 0.2) is 24.3 Å². The van der Waals surface area contributed by atoms with Crippen LogP contribution < -0.4 is 10.7 Å². The van der Waals surface area contributed by atoms with Gasteiger partial charge in [-0.05, 0) is 32.2 Å². The molecule has 7 heteroatoms. The van der Waals surface area contributed by atoms with Crippen LogP contribution in [-0.2, 0) is 4.74 Å². The molecule has 1 aliphatic heterocycles.